The van der Waals surface area contributed by atoms with E-state index in [-0.39, 0.29) is 24.2 Å². The summed E-state index contributed by atoms with van der Waals surface area (Å²) in [6.07, 6.45) is -0.349. The van der Waals surface area contributed by atoms with Crippen LogP contribution in [0.3, 0.4) is 0 Å². The van der Waals surface area contributed by atoms with E-state index in [1.54, 1.807) is 11.8 Å². The van der Waals surface area contributed by atoms with Gasteiger partial charge in [0.05, 0.1) is 6.42 Å². The Morgan fingerprint density at radius 2 is 1.81 bits per heavy atom. The molecule has 0 saturated heterocycles. The molecule has 0 rings (SSSR count). The minimum atomic E-state index is -1.03. The summed E-state index contributed by atoms with van der Waals surface area (Å²) >= 11 is 1.60. The molecule has 6 nitrogen and oxygen atoms in total. The molecule has 0 saturated carbocycles. The minimum absolute atomic E-state index is 0.116. The molecule has 0 aliphatic rings. The van der Waals surface area contributed by atoms with Crippen molar-refractivity contribution in [3.8, 4) is 0 Å². The van der Waals surface area contributed by atoms with E-state index >= 15 is 0 Å². The van der Waals surface area contributed by atoms with E-state index in [2.05, 4.69) is 31.4 Å². The Hall–Kier alpha value is -1.24. The predicted molar refractivity (Wildman–Crippen MR) is 84.3 cm³/mol. The number of rotatable bonds is 9. The Kier molecular flexibility index (Phi) is 9.08. The molecule has 2 amide bonds. The smallest absolute Gasteiger partial charge is 0.303 e. The number of carboxylic acid groups (broad SMARTS) is 1. The molecule has 122 valence electrons. The summed E-state index contributed by atoms with van der Waals surface area (Å²) < 4.78 is 0. The number of amides is 2. The van der Waals surface area contributed by atoms with E-state index in [9.17, 15) is 14.4 Å². The normalized spacial score (nSPS) is 12.6. The van der Waals surface area contributed by atoms with Crippen LogP contribution >= 0.6 is 11.8 Å². The van der Waals surface area contributed by atoms with Crippen molar-refractivity contribution < 1.29 is 19.5 Å². The number of carbonyl (C=O) groups is 3. The average molecular weight is 318 g/mol. The van der Waals surface area contributed by atoms with Gasteiger partial charge in [0.15, 0.2) is 0 Å². The quantitative estimate of drug-likeness (QED) is 0.595. The molecule has 0 aromatic heterocycles. The van der Waals surface area contributed by atoms with Gasteiger partial charge in [-0.25, -0.2) is 0 Å². The molecule has 0 bridgehead atoms. The zero-order valence-electron chi connectivity index (χ0n) is 13.2. The van der Waals surface area contributed by atoms with Crippen LogP contribution in [-0.4, -0.2) is 47.0 Å². The van der Waals surface area contributed by atoms with E-state index in [0.717, 1.165) is 5.75 Å². The highest BCUT2D eigenvalue weighted by atomic mass is 32.2. The molecule has 0 fully saturated rings. The van der Waals surface area contributed by atoms with Crippen molar-refractivity contribution in [2.24, 2.45) is 5.41 Å². The van der Waals surface area contributed by atoms with Crippen LogP contribution in [0.2, 0.25) is 0 Å². The van der Waals surface area contributed by atoms with E-state index in [1.807, 2.05) is 6.92 Å². The number of carboxylic acids is 1. The highest BCUT2D eigenvalue weighted by Gasteiger charge is 2.21. The van der Waals surface area contributed by atoms with Crippen molar-refractivity contribution >= 4 is 29.5 Å². The third-order valence-corrected chi connectivity index (χ3v) is 4.03. The number of hydrogen-bond acceptors (Lipinski definition) is 4. The summed E-state index contributed by atoms with van der Waals surface area (Å²) in [4.78, 5) is 34.0. The second kappa shape index (κ2) is 9.65. The standard InChI is InChI=1S/C14H26N2O4S/c1-5-15-13(20)10(8-21-9-14(2,3)4)16-11(17)6-7-12(18)19/h10H,5-9H2,1-4H3,(H,15,20)(H,16,17)(H,18,19)/t10-/m0/s1. The summed E-state index contributed by atoms with van der Waals surface area (Å²) in [7, 11) is 0. The molecule has 0 unspecified atom stereocenters. The molecular formula is C14H26N2O4S. The fourth-order valence-electron chi connectivity index (χ4n) is 1.45. The van der Waals surface area contributed by atoms with Gasteiger partial charge < -0.3 is 15.7 Å². The van der Waals surface area contributed by atoms with E-state index in [1.165, 1.54) is 0 Å². The lowest BCUT2D eigenvalue weighted by Gasteiger charge is -2.21. The van der Waals surface area contributed by atoms with Crippen molar-refractivity contribution in [3.05, 3.63) is 0 Å². The van der Waals surface area contributed by atoms with Crippen molar-refractivity contribution in [3.63, 3.8) is 0 Å². The van der Waals surface area contributed by atoms with Gasteiger partial charge in [-0.2, -0.15) is 11.8 Å². The first-order valence-corrected chi connectivity index (χ1v) is 8.17. The number of carbonyl (C=O) groups excluding carboxylic acids is 2. The molecule has 7 heteroatoms. The first-order valence-electron chi connectivity index (χ1n) is 7.02. The fourth-order valence-corrected chi connectivity index (χ4v) is 2.65. The first kappa shape index (κ1) is 19.8. The lowest BCUT2D eigenvalue weighted by atomic mass is 10.0. The van der Waals surface area contributed by atoms with Crippen molar-refractivity contribution in [1.29, 1.82) is 0 Å². The Balaban J connectivity index is 4.41. The molecule has 21 heavy (non-hydrogen) atoms. The van der Waals surface area contributed by atoms with Crippen LogP contribution < -0.4 is 10.6 Å². The zero-order valence-corrected chi connectivity index (χ0v) is 14.0. The maximum absolute atomic E-state index is 11.9. The van der Waals surface area contributed by atoms with Gasteiger partial charge in [0.25, 0.3) is 0 Å². The average Bonchev–Trinajstić information content (AvgIpc) is 2.34. The lowest BCUT2D eigenvalue weighted by Crippen LogP contribution is -2.48. The molecule has 1 atom stereocenters. The number of likely N-dealkylation sites (N-methyl/N-ethyl adjacent to an activating group) is 1. The molecule has 0 aliphatic carbocycles. The molecule has 0 radical (unpaired) electrons. The minimum Gasteiger partial charge on any atom is -0.481 e. The Labute approximate surface area is 130 Å². The third kappa shape index (κ3) is 11.1. The van der Waals surface area contributed by atoms with Crippen LogP contribution in [0.5, 0.6) is 0 Å². The largest absolute Gasteiger partial charge is 0.481 e. The second-order valence-corrected chi connectivity index (χ2v) is 7.01. The van der Waals surface area contributed by atoms with Gasteiger partial charge in [-0.3, -0.25) is 14.4 Å². The number of nitrogens with one attached hydrogen (secondary N) is 2. The lowest BCUT2D eigenvalue weighted by molar-refractivity contribution is -0.139. The third-order valence-electron chi connectivity index (χ3n) is 2.39. The fraction of sp³-hybridized carbons (Fsp3) is 0.786. The van der Waals surface area contributed by atoms with Gasteiger partial charge in [0.1, 0.15) is 6.04 Å². The molecule has 0 spiro atoms. The highest BCUT2D eigenvalue weighted by molar-refractivity contribution is 7.99. The van der Waals surface area contributed by atoms with Crippen LogP contribution in [0.1, 0.15) is 40.5 Å². The first-order chi connectivity index (χ1) is 9.65. The molecule has 0 heterocycles. The van der Waals surface area contributed by atoms with Gasteiger partial charge in [0, 0.05) is 18.7 Å². The van der Waals surface area contributed by atoms with Crippen LogP contribution in [0.4, 0.5) is 0 Å². The van der Waals surface area contributed by atoms with Crippen molar-refractivity contribution in [2.75, 3.05) is 18.1 Å². The maximum Gasteiger partial charge on any atom is 0.303 e. The predicted octanol–water partition coefficient (Wildman–Crippen LogP) is 1.25. The number of aliphatic carboxylic acids is 1. The zero-order chi connectivity index (χ0) is 16.5. The van der Waals surface area contributed by atoms with Gasteiger partial charge in [-0.1, -0.05) is 20.8 Å². The van der Waals surface area contributed by atoms with Gasteiger partial charge >= 0.3 is 5.97 Å². The monoisotopic (exact) mass is 318 g/mol. The molecule has 0 aromatic rings. The van der Waals surface area contributed by atoms with E-state index in [4.69, 9.17) is 5.11 Å². The Morgan fingerprint density at radius 3 is 2.29 bits per heavy atom. The second-order valence-electron chi connectivity index (χ2n) is 5.98. The molecule has 0 aromatic carbocycles. The summed E-state index contributed by atoms with van der Waals surface area (Å²) in [5, 5.41) is 13.8. The van der Waals surface area contributed by atoms with Crippen molar-refractivity contribution in [2.45, 2.75) is 46.6 Å². The summed E-state index contributed by atoms with van der Waals surface area (Å²) in [6, 6.07) is -0.626. The van der Waals surface area contributed by atoms with E-state index < -0.39 is 17.9 Å². The van der Waals surface area contributed by atoms with Crippen LogP contribution in [0, 0.1) is 5.41 Å². The van der Waals surface area contributed by atoms with Gasteiger partial charge in [-0.15, -0.1) is 0 Å². The summed E-state index contributed by atoms with van der Waals surface area (Å²) in [5.41, 5.74) is 0.143. The SMILES string of the molecule is CCNC(=O)[C@H](CSCC(C)(C)C)NC(=O)CCC(=O)O. The molecule has 3 N–H and O–H groups in total. The maximum atomic E-state index is 11.9. The summed E-state index contributed by atoms with van der Waals surface area (Å²) in [6.45, 7) is 8.61. The molecule has 0 aliphatic heterocycles. The van der Waals surface area contributed by atoms with Crippen LogP contribution in [0.25, 0.3) is 0 Å². The topological polar surface area (TPSA) is 95.5 Å². The Bertz CT molecular complexity index is 366. The van der Waals surface area contributed by atoms with E-state index in [0.29, 0.717) is 12.3 Å². The van der Waals surface area contributed by atoms with Gasteiger partial charge in [0.2, 0.25) is 11.8 Å². The van der Waals surface area contributed by atoms with Gasteiger partial charge in [-0.05, 0) is 18.1 Å². The molecular weight excluding hydrogens is 292 g/mol. The van der Waals surface area contributed by atoms with Crippen LogP contribution in [-0.2, 0) is 14.4 Å². The summed E-state index contributed by atoms with van der Waals surface area (Å²) in [5.74, 6) is -0.329. The van der Waals surface area contributed by atoms with Crippen molar-refractivity contribution in [1.82, 2.24) is 10.6 Å². The number of thioether (sulfide) groups is 1. The number of hydrogen-bond donors (Lipinski definition) is 3. The highest BCUT2D eigenvalue weighted by Crippen LogP contribution is 2.20. The van der Waals surface area contributed by atoms with Crippen LogP contribution in [0.15, 0.2) is 0 Å². The Morgan fingerprint density at radius 1 is 1.19 bits per heavy atom.